The highest BCUT2D eigenvalue weighted by Gasteiger charge is 2.34. The van der Waals surface area contributed by atoms with Crippen molar-refractivity contribution in [3.63, 3.8) is 0 Å². The zero-order valence-corrected chi connectivity index (χ0v) is 13.2. The first-order valence-corrected chi connectivity index (χ1v) is 7.90. The molecule has 0 amide bonds. The summed E-state index contributed by atoms with van der Waals surface area (Å²) < 4.78 is 5.02. The lowest BCUT2D eigenvalue weighted by molar-refractivity contribution is 0.0598. The Morgan fingerprint density at radius 3 is 2.65 bits per heavy atom. The number of fused-ring (bicyclic) bond motifs is 1. The number of pyridine rings is 1. The van der Waals surface area contributed by atoms with E-state index in [2.05, 4.69) is 13.8 Å². The molecule has 0 aromatic carbocycles. The molecule has 0 spiro atoms. The highest BCUT2D eigenvalue weighted by molar-refractivity contribution is 7.18. The van der Waals surface area contributed by atoms with Crippen LogP contribution in [0.1, 0.15) is 57.7 Å². The van der Waals surface area contributed by atoms with Crippen molar-refractivity contribution in [2.75, 3.05) is 7.11 Å². The smallest absolute Gasteiger partial charge is 0.340 e. The van der Waals surface area contributed by atoms with Crippen LogP contribution in [0.5, 0.6) is 0 Å². The number of esters is 1. The molecule has 0 saturated heterocycles. The number of carbonyl (C=O) groups excluding carboxylic acids is 1. The lowest BCUT2D eigenvalue weighted by Crippen LogP contribution is -2.11. The third-order valence-electron chi connectivity index (χ3n) is 4.14. The molecule has 0 atom stereocenters. The summed E-state index contributed by atoms with van der Waals surface area (Å²) in [5.41, 5.74) is 4.08. The summed E-state index contributed by atoms with van der Waals surface area (Å²) in [5, 5.41) is 1.20. The Labute approximate surface area is 123 Å². The molecule has 0 N–H and O–H groups in total. The van der Waals surface area contributed by atoms with Crippen LogP contribution in [0.25, 0.3) is 10.2 Å². The van der Waals surface area contributed by atoms with E-state index in [0.717, 1.165) is 22.5 Å². The fraction of sp³-hybridized carbons (Fsp3) is 0.500. The molecule has 0 radical (unpaired) electrons. The maximum atomic E-state index is 12.2. The lowest BCUT2D eigenvalue weighted by Gasteiger charge is -2.13. The van der Waals surface area contributed by atoms with E-state index >= 15 is 0 Å². The van der Waals surface area contributed by atoms with Crippen molar-refractivity contribution in [3.8, 4) is 0 Å². The maximum Gasteiger partial charge on any atom is 0.340 e. The van der Waals surface area contributed by atoms with E-state index in [4.69, 9.17) is 9.72 Å². The van der Waals surface area contributed by atoms with E-state index < -0.39 is 0 Å². The number of nitrogens with zero attached hydrogens (tertiary/aromatic N) is 1. The predicted octanol–water partition coefficient (Wildman–Crippen LogP) is 4.14. The van der Waals surface area contributed by atoms with Crippen LogP contribution in [-0.4, -0.2) is 18.1 Å². The number of hydrogen-bond acceptors (Lipinski definition) is 4. The van der Waals surface area contributed by atoms with Gasteiger partial charge in [0.1, 0.15) is 4.83 Å². The van der Waals surface area contributed by atoms with Crippen LogP contribution in [0.3, 0.4) is 0 Å². The number of thiophene rings is 1. The third kappa shape index (κ3) is 1.94. The largest absolute Gasteiger partial charge is 0.465 e. The van der Waals surface area contributed by atoms with Crippen molar-refractivity contribution in [1.82, 2.24) is 4.98 Å². The van der Waals surface area contributed by atoms with E-state index in [0.29, 0.717) is 5.92 Å². The second-order valence-electron chi connectivity index (χ2n) is 5.43. The van der Waals surface area contributed by atoms with E-state index in [1.165, 1.54) is 41.3 Å². The number of aryl methyl sites for hydroxylation is 3. The van der Waals surface area contributed by atoms with Crippen LogP contribution < -0.4 is 0 Å². The third-order valence-corrected chi connectivity index (χ3v) is 5.24. The monoisotopic (exact) mass is 289 g/mol. The van der Waals surface area contributed by atoms with Crippen molar-refractivity contribution in [3.05, 3.63) is 27.3 Å². The first-order valence-electron chi connectivity index (χ1n) is 7.09. The van der Waals surface area contributed by atoms with Crippen LogP contribution in [0.2, 0.25) is 0 Å². The molecule has 20 heavy (non-hydrogen) atoms. The zero-order valence-electron chi connectivity index (χ0n) is 12.4. The van der Waals surface area contributed by atoms with E-state index in [1.54, 1.807) is 11.3 Å². The van der Waals surface area contributed by atoms with Gasteiger partial charge in [-0.2, -0.15) is 0 Å². The van der Waals surface area contributed by atoms with Crippen molar-refractivity contribution >= 4 is 27.5 Å². The Kier molecular flexibility index (Phi) is 3.28. The molecule has 2 heterocycles. The van der Waals surface area contributed by atoms with Gasteiger partial charge in [0.15, 0.2) is 0 Å². The second kappa shape index (κ2) is 4.85. The molecule has 3 rings (SSSR count). The molecule has 2 aromatic rings. The van der Waals surface area contributed by atoms with E-state index in [-0.39, 0.29) is 5.97 Å². The molecule has 3 nitrogen and oxygen atoms in total. The topological polar surface area (TPSA) is 39.2 Å². The number of rotatable bonds is 3. The predicted molar refractivity (Wildman–Crippen MR) is 81.8 cm³/mol. The average molecular weight is 289 g/mol. The van der Waals surface area contributed by atoms with Gasteiger partial charge in [-0.1, -0.05) is 6.92 Å². The molecule has 4 heteroatoms. The minimum absolute atomic E-state index is 0.235. The summed E-state index contributed by atoms with van der Waals surface area (Å²) in [7, 11) is 1.45. The van der Waals surface area contributed by atoms with Gasteiger partial charge in [0.05, 0.1) is 18.4 Å². The van der Waals surface area contributed by atoms with Crippen molar-refractivity contribution in [2.45, 2.75) is 46.0 Å². The zero-order chi connectivity index (χ0) is 14.4. The molecule has 106 valence electrons. The van der Waals surface area contributed by atoms with E-state index in [9.17, 15) is 4.79 Å². The molecule has 2 aromatic heterocycles. The number of ether oxygens (including phenoxy) is 1. The highest BCUT2D eigenvalue weighted by atomic mass is 32.1. The van der Waals surface area contributed by atoms with Gasteiger partial charge in [0.25, 0.3) is 0 Å². The lowest BCUT2D eigenvalue weighted by atomic mass is 9.95. The summed E-state index contributed by atoms with van der Waals surface area (Å²) in [5.74, 6) is 0.272. The van der Waals surface area contributed by atoms with Crippen molar-refractivity contribution in [2.24, 2.45) is 0 Å². The Balaban J connectivity index is 2.41. The Hall–Kier alpha value is -1.42. The summed E-state index contributed by atoms with van der Waals surface area (Å²) >= 11 is 1.73. The van der Waals surface area contributed by atoms with Crippen LogP contribution in [0, 0.1) is 13.8 Å². The molecule has 1 fully saturated rings. The molecular formula is C16H19NO2S. The Morgan fingerprint density at radius 1 is 1.40 bits per heavy atom. The average Bonchev–Trinajstić information content (AvgIpc) is 3.24. The minimum Gasteiger partial charge on any atom is -0.465 e. The SMILES string of the molecule is CCc1nc2sc(C)c(C)c2c(C2CC2)c1C(=O)OC. The van der Waals surface area contributed by atoms with Crippen molar-refractivity contribution in [1.29, 1.82) is 0 Å². The highest BCUT2D eigenvalue weighted by Crippen LogP contribution is 2.48. The number of hydrogen-bond donors (Lipinski definition) is 0. The molecule has 1 aliphatic carbocycles. The minimum atomic E-state index is -0.235. The van der Waals surface area contributed by atoms with Gasteiger partial charge in [-0.3, -0.25) is 0 Å². The van der Waals surface area contributed by atoms with Gasteiger partial charge in [-0.25, -0.2) is 9.78 Å². The summed E-state index contributed by atoms with van der Waals surface area (Å²) in [6.45, 7) is 6.31. The van der Waals surface area contributed by atoms with E-state index in [1.807, 2.05) is 6.92 Å². The molecule has 1 saturated carbocycles. The van der Waals surface area contributed by atoms with Crippen LogP contribution >= 0.6 is 11.3 Å². The first-order chi connectivity index (χ1) is 9.58. The number of carbonyl (C=O) groups is 1. The normalized spacial score (nSPS) is 14.8. The van der Waals surface area contributed by atoms with Gasteiger partial charge < -0.3 is 4.74 Å². The Bertz CT molecular complexity index is 698. The quantitative estimate of drug-likeness (QED) is 0.797. The first kappa shape index (κ1) is 13.6. The van der Waals surface area contributed by atoms with Gasteiger partial charge in [0, 0.05) is 10.3 Å². The van der Waals surface area contributed by atoms with Gasteiger partial charge in [-0.05, 0) is 50.2 Å². The van der Waals surface area contributed by atoms with Gasteiger partial charge in [-0.15, -0.1) is 11.3 Å². The fourth-order valence-electron chi connectivity index (χ4n) is 2.83. The van der Waals surface area contributed by atoms with Crippen molar-refractivity contribution < 1.29 is 9.53 Å². The number of aromatic nitrogens is 1. The molecule has 1 aliphatic rings. The second-order valence-corrected chi connectivity index (χ2v) is 6.63. The standard InChI is InChI=1S/C16H19NO2S/c1-5-11-14(16(18)19-4)13(10-6-7-10)12-8(2)9(3)20-15(12)17-11/h10H,5-7H2,1-4H3. The summed E-state index contributed by atoms with van der Waals surface area (Å²) in [6, 6.07) is 0. The Morgan fingerprint density at radius 2 is 2.10 bits per heavy atom. The van der Waals surface area contributed by atoms with Crippen LogP contribution in [-0.2, 0) is 11.2 Å². The summed E-state index contributed by atoms with van der Waals surface area (Å²) in [6.07, 6.45) is 3.09. The van der Waals surface area contributed by atoms with Crippen LogP contribution in [0.15, 0.2) is 0 Å². The molecule has 0 unspecified atom stereocenters. The summed E-state index contributed by atoms with van der Waals surface area (Å²) in [4.78, 5) is 19.3. The molecule has 0 bridgehead atoms. The molecule has 0 aliphatic heterocycles. The van der Waals surface area contributed by atoms with Gasteiger partial charge >= 0.3 is 5.97 Å². The maximum absolute atomic E-state index is 12.2. The van der Waals surface area contributed by atoms with Gasteiger partial charge in [0.2, 0.25) is 0 Å². The number of methoxy groups -OCH3 is 1. The fourth-order valence-corrected chi connectivity index (χ4v) is 3.90. The van der Waals surface area contributed by atoms with Crippen LogP contribution in [0.4, 0.5) is 0 Å². The molecular weight excluding hydrogens is 270 g/mol.